The molecular formula is C21H32FN3O3. The number of amides is 2. The molecule has 1 N–H and O–H groups in total. The lowest BCUT2D eigenvalue weighted by molar-refractivity contribution is -0.135. The molecule has 0 saturated carbocycles. The van der Waals surface area contributed by atoms with Crippen LogP contribution in [0.25, 0.3) is 0 Å². The Morgan fingerprint density at radius 3 is 2.21 bits per heavy atom. The van der Waals surface area contributed by atoms with Gasteiger partial charge in [0.25, 0.3) is 0 Å². The smallest absolute Gasteiger partial charge is 0.408 e. The van der Waals surface area contributed by atoms with Crippen molar-refractivity contribution < 1.29 is 18.7 Å². The Labute approximate surface area is 167 Å². The lowest BCUT2D eigenvalue weighted by Crippen LogP contribution is -2.57. The summed E-state index contributed by atoms with van der Waals surface area (Å²) in [5, 5.41) is 2.76. The molecule has 28 heavy (non-hydrogen) atoms. The van der Waals surface area contributed by atoms with E-state index in [9.17, 15) is 14.0 Å². The number of nitrogens with zero attached hydrogens (tertiary/aromatic N) is 2. The Bertz CT molecular complexity index is 664. The second kappa shape index (κ2) is 9.26. The van der Waals surface area contributed by atoms with Crippen LogP contribution in [0.4, 0.5) is 14.9 Å². The van der Waals surface area contributed by atoms with Crippen LogP contribution in [0, 0.1) is 11.7 Å². The number of hydrogen-bond donors (Lipinski definition) is 1. The summed E-state index contributed by atoms with van der Waals surface area (Å²) in [4.78, 5) is 29.2. The molecule has 1 saturated heterocycles. The van der Waals surface area contributed by atoms with Gasteiger partial charge in [0.05, 0.1) is 0 Å². The van der Waals surface area contributed by atoms with Crippen molar-refractivity contribution in [3.63, 3.8) is 0 Å². The molecule has 2 unspecified atom stereocenters. The molecule has 2 rings (SSSR count). The summed E-state index contributed by atoms with van der Waals surface area (Å²) in [5.74, 6) is -0.351. The summed E-state index contributed by atoms with van der Waals surface area (Å²) >= 11 is 0. The van der Waals surface area contributed by atoms with Gasteiger partial charge in [0, 0.05) is 31.9 Å². The Kier molecular flexibility index (Phi) is 7.27. The van der Waals surface area contributed by atoms with E-state index in [0.717, 1.165) is 12.1 Å². The first-order valence-corrected chi connectivity index (χ1v) is 9.89. The second-order valence-corrected chi connectivity index (χ2v) is 8.30. The maximum atomic E-state index is 13.1. The second-order valence-electron chi connectivity index (χ2n) is 8.30. The van der Waals surface area contributed by atoms with Gasteiger partial charge < -0.3 is 19.9 Å². The Balaban J connectivity index is 1.99. The van der Waals surface area contributed by atoms with Crippen LogP contribution >= 0.6 is 0 Å². The van der Waals surface area contributed by atoms with Gasteiger partial charge >= 0.3 is 6.09 Å². The zero-order chi connectivity index (χ0) is 20.9. The van der Waals surface area contributed by atoms with Gasteiger partial charge in [0.15, 0.2) is 0 Å². The van der Waals surface area contributed by atoms with Crippen molar-refractivity contribution in [2.45, 2.75) is 52.7 Å². The molecule has 1 aliphatic heterocycles. The number of rotatable bonds is 5. The van der Waals surface area contributed by atoms with E-state index in [1.807, 2.05) is 13.8 Å². The van der Waals surface area contributed by atoms with Crippen LogP contribution in [0.15, 0.2) is 24.3 Å². The normalized spacial score (nSPS) is 17.1. The fourth-order valence-corrected chi connectivity index (χ4v) is 3.15. The van der Waals surface area contributed by atoms with Crippen LogP contribution in [0.1, 0.15) is 41.0 Å². The van der Waals surface area contributed by atoms with Gasteiger partial charge in [0.1, 0.15) is 17.5 Å². The molecule has 2 atom stereocenters. The number of ether oxygens (including phenoxy) is 1. The lowest BCUT2D eigenvalue weighted by atomic mass is 9.97. The van der Waals surface area contributed by atoms with E-state index in [4.69, 9.17) is 4.74 Å². The third-order valence-electron chi connectivity index (χ3n) is 4.93. The molecule has 0 bridgehead atoms. The van der Waals surface area contributed by atoms with Crippen LogP contribution in [-0.2, 0) is 9.53 Å². The Morgan fingerprint density at radius 2 is 1.71 bits per heavy atom. The number of halogens is 1. The average Bonchev–Trinajstić information content (AvgIpc) is 2.64. The highest BCUT2D eigenvalue weighted by Crippen LogP contribution is 2.19. The van der Waals surface area contributed by atoms with Crippen molar-refractivity contribution in [3.8, 4) is 0 Å². The Morgan fingerprint density at radius 1 is 1.14 bits per heavy atom. The predicted octanol–water partition coefficient (Wildman–Crippen LogP) is 3.41. The fraction of sp³-hybridized carbons (Fsp3) is 0.619. The van der Waals surface area contributed by atoms with E-state index < -0.39 is 17.7 Å². The van der Waals surface area contributed by atoms with Crippen LogP contribution in [-0.4, -0.2) is 54.7 Å². The monoisotopic (exact) mass is 393 g/mol. The van der Waals surface area contributed by atoms with Crippen LogP contribution in [0.5, 0.6) is 0 Å². The highest BCUT2D eigenvalue weighted by Gasteiger charge is 2.33. The molecule has 1 heterocycles. The van der Waals surface area contributed by atoms with Gasteiger partial charge in [-0.15, -0.1) is 0 Å². The standard InChI is InChI=1S/C21H32FN3O3/c1-6-15(2)18(23-20(27)28-21(3,4)5)19(26)25-13-11-24(12-14-25)17-9-7-16(22)8-10-17/h7-10,15,18H,6,11-14H2,1-5H3,(H,23,27). The molecule has 0 spiro atoms. The number of carbonyl (C=O) groups is 2. The quantitative estimate of drug-likeness (QED) is 0.833. The highest BCUT2D eigenvalue weighted by atomic mass is 19.1. The summed E-state index contributed by atoms with van der Waals surface area (Å²) in [6.07, 6.45) is 0.193. The van der Waals surface area contributed by atoms with E-state index in [1.54, 1.807) is 37.8 Å². The van der Waals surface area contributed by atoms with E-state index in [2.05, 4.69) is 10.2 Å². The Hall–Kier alpha value is -2.31. The maximum absolute atomic E-state index is 13.1. The van der Waals surface area contributed by atoms with Crippen molar-refractivity contribution in [2.24, 2.45) is 5.92 Å². The van der Waals surface area contributed by atoms with Gasteiger partial charge in [-0.2, -0.15) is 0 Å². The molecule has 1 aromatic rings. The molecular weight excluding hydrogens is 361 g/mol. The molecule has 1 aliphatic rings. The first-order valence-electron chi connectivity index (χ1n) is 9.89. The van der Waals surface area contributed by atoms with Crippen LogP contribution < -0.4 is 10.2 Å². The molecule has 7 heteroatoms. The van der Waals surface area contributed by atoms with E-state index in [-0.39, 0.29) is 17.6 Å². The molecule has 1 fully saturated rings. The van der Waals surface area contributed by atoms with Gasteiger partial charge in [-0.3, -0.25) is 4.79 Å². The maximum Gasteiger partial charge on any atom is 0.408 e. The van der Waals surface area contributed by atoms with E-state index >= 15 is 0 Å². The third kappa shape index (κ3) is 6.11. The summed E-state index contributed by atoms with van der Waals surface area (Å²) in [7, 11) is 0. The first kappa shape index (κ1) is 22.0. The topological polar surface area (TPSA) is 61.9 Å². The third-order valence-corrected chi connectivity index (χ3v) is 4.93. The molecule has 2 amide bonds. The van der Waals surface area contributed by atoms with Gasteiger partial charge in [0.2, 0.25) is 5.91 Å². The number of alkyl carbamates (subject to hydrolysis) is 1. The van der Waals surface area contributed by atoms with E-state index in [1.165, 1.54) is 12.1 Å². The van der Waals surface area contributed by atoms with E-state index in [0.29, 0.717) is 26.2 Å². The zero-order valence-electron chi connectivity index (χ0n) is 17.5. The summed E-state index contributed by atoms with van der Waals surface area (Å²) in [6, 6.07) is 5.77. The van der Waals surface area contributed by atoms with Gasteiger partial charge in [-0.05, 0) is 51.0 Å². The molecule has 1 aromatic carbocycles. The number of piperazine rings is 1. The molecule has 156 valence electrons. The minimum absolute atomic E-state index is 0.00449. The average molecular weight is 394 g/mol. The van der Waals surface area contributed by atoms with Crippen molar-refractivity contribution >= 4 is 17.7 Å². The predicted molar refractivity (Wildman–Crippen MR) is 108 cm³/mol. The zero-order valence-corrected chi connectivity index (χ0v) is 17.5. The lowest BCUT2D eigenvalue weighted by Gasteiger charge is -2.38. The van der Waals surface area contributed by atoms with Crippen molar-refractivity contribution in [1.29, 1.82) is 0 Å². The number of anilines is 1. The first-order chi connectivity index (χ1) is 13.1. The number of carbonyl (C=O) groups excluding carboxylic acids is 2. The van der Waals surface area contributed by atoms with Crippen LogP contribution in [0.2, 0.25) is 0 Å². The van der Waals surface area contributed by atoms with Crippen molar-refractivity contribution in [3.05, 3.63) is 30.1 Å². The van der Waals surface area contributed by atoms with Crippen molar-refractivity contribution in [2.75, 3.05) is 31.1 Å². The summed E-state index contributed by atoms with van der Waals surface area (Å²) in [5.41, 5.74) is 0.326. The molecule has 0 aliphatic carbocycles. The summed E-state index contributed by atoms with van der Waals surface area (Å²) in [6.45, 7) is 11.8. The number of benzene rings is 1. The van der Waals surface area contributed by atoms with Crippen molar-refractivity contribution in [1.82, 2.24) is 10.2 Å². The number of nitrogens with one attached hydrogen (secondary N) is 1. The number of hydrogen-bond acceptors (Lipinski definition) is 4. The highest BCUT2D eigenvalue weighted by molar-refractivity contribution is 5.86. The SMILES string of the molecule is CCC(C)C(NC(=O)OC(C)(C)C)C(=O)N1CCN(c2ccc(F)cc2)CC1. The fourth-order valence-electron chi connectivity index (χ4n) is 3.15. The van der Waals surface area contributed by atoms with Gasteiger partial charge in [-0.25, -0.2) is 9.18 Å². The minimum atomic E-state index is -0.617. The van der Waals surface area contributed by atoms with Gasteiger partial charge in [-0.1, -0.05) is 20.3 Å². The summed E-state index contributed by atoms with van der Waals surface area (Å²) < 4.78 is 18.4. The molecule has 0 radical (unpaired) electrons. The molecule has 0 aromatic heterocycles. The molecule has 6 nitrogen and oxygen atoms in total. The minimum Gasteiger partial charge on any atom is -0.444 e. The van der Waals surface area contributed by atoms with Crippen LogP contribution in [0.3, 0.4) is 0 Å². The largest absolute Gasteiger partial charge is 0.444 e.